The molecule has 2 aliphatic heterocycles. The van der Waals surface area contributed by atoms with E-state index < -0.39 is 44.6 Å². The van der Waals surface area contributed by atoms with Crippen LogP contribution in [0, 0.1) is 18.6 Å². The SMILES string of the molecule is Cc1ccc(-n2nc3c(c2NC(=O)CS(C)(=O)=O)C(=O)N[C@@]2(CCOc4cc(F)cc(F)c42)C3)nc1. The first-order valence-corrected chi connectivity index (χ1v) is 13.0. The number of amides is 2. The number of halogens is 2. The van der Waals surface area contributed by atoms with Crippen LogP contribution in [0.2, 0.25) is 0 Å². The first-order chi connectivity index (χ1) is 17.0. The normalized spacial score (nSPS) is 18.7. The Morgan fingerprint density at radius 1 is 1.31 bits per heavy atom. The minimum absolute atomic E-state index is 0.000382. The highest BCUT2D eigenvalue weighted by molar-refractivity contribution is 7.91. The zero-order valence-electron chi connectivity index (χ0n) is 19.3. The zero-order valence-corrected chi connectivity index (χ0v) is 20.1. The summed E-state index contributed by atoms with van der Waals surface area (Å²) in [6.45, 7) is 1.93. The van der Waals surface area contributed by atoms with E-state index in [1.165, 1.54) is 4.68 Å². The van der Waals surface area contributed by atoms with Crippen molar-refractivity contribution in [2.45, 2.75) is 25.3 Å². The van der Waals surface area contributed by atoms with Crippen LogP contribution in [0.5, 0.6) is 5.75 Å². The Morgan fingerprint density at radius 2 is 2.08 bits per heavy atom. The number of sulfone groups is 1. The number of aryl methyl sites for hydroxylation is 1. The maximum atomic E-state index is 15.0. The minimum atomic E-state index is -3.65. The number of aromatic nitrogens is 3. The molecule has 1 spiro atoms. The lowest BCUT2D eigenvalue weighted by Crippen LogP contribution is -2.54. The van der Waals surface area contributed by atoms with Gasteiger partial charge in [0.05, 0.1) is 23.4 Å². The van der Waals surface area contributed by atoms with E-state index in [0.717, 1.165) is 24.0 Å². The Labute approximate surface area is 204 Å². The fourth-order valence-electron chi connectivity index (χ4n) is 4.60. The molecule has 188 valence electrons. The molecule has 13 heteroatoms. The van der Waals surface area contributed by atoms with Gasteiger partial charge in [0, 0.05) is 37.4 Å². The maximum absolute atomic E-state index is 15.0. The number of fused-ring (bicyclic) bond motifs is 3. The van der Waals surface area contributed by atoms with Gasteiger partial charge in [0.25, 0.3) is 5.91 Å². The predicted octanol–water partition coefficient (Wildman–Crippen LogP) is 1.80. The molecule has 4 heterocycles. The number of pyridine rings is 1. The third-order valence-corrected chi connectivity index (χ3v) is 6.84. The lowest BCUT2D eigenvalue weighted by Gasteiger charge is -2.41. The molecule has 0 bridgehead atoms. The van der Waals surface area contributed by atoms with Crippen LogP contribution in [0.4, 0.5) is 14.6 Å². The van der Waals surface area contributed by atoms with Crippen LogP contribution in [0.1, 0.15) is 33.6 Å². The lowest BCUT2D eigenvalue weighted by molar-refractivity contribution is -0.113. The van der Waals surface area contributed by atoms with Gasteiger partial charge in [0.1, 0.15) is 28.7 Å². The molecular weight excluding hydrogens is 496 g/mol. The Kier molecular flexibility index (Phi) is 5.54. The summed E-state index contributed by atoms with van der Waals surface area (Å²) in [5.41, 5.74) is -0.159. The highest BCUT2D eigenvalue weighted by Crippen LogP contribution is 2.44. The molecule has 0 saturated heterocycles. The number of nitrogens with zero attached hydrogens (tertiary/aromatic N) is 3. The zero-order chi connectivity index (χ0) is 25.8. The number of nitrogens with one attached hydrogen (secondary N) is 2. The van der Waals surface area contributed by atoms with E-state index >= 15 is 0 Å². The Hall–Kier alpha value is -3.87. The van der Waals surface area contributed by atoms with Crippen LogP contribution >= 0.6 is 0 Å². The highest BCUT2D eigenvalue weighted by atomic mass is 32.2. The number of rotatable bonds is 4. The van der Waals surface area contributed by atoms with E-state index in [4.69, 9.17) is 4.74 Å². The van der Waals surface area contributed by atoms with Gasteiger partial charge in [0.15, 0.2) is 21.5 Å². The first kappa shape index (κ1) is 23.9. The molecule has 1 aromatic carbocycles. The molecule has 1 atom stereocenters. The third-order valence-electron chi connectivity index (χ3n) is 6.05. The average Bonchev–Trinajstić information content (AvgIpc) is 3.10. The van der Waals surface area contributed by atoms with Crippen LogP contribution < -0.4 is 15.4 Å². The average molecular weight is 518 g/mol. The summed E-state index contributed by atoms with van der Waals surface area (Å²) >= 11 is 0. The van der Waals surface area contributed by atoms with Crippen molar-refractivity contribution in [1.29, 1.82) is 0 Å². The number of hydrogen-bond donors (Lipinski definition) is 2. The second kappa shape index (κ2) is 8.36. The number of carbonyl (C=O) groups is 2. The van der Waals surface area contributed by atoms with Gasteiger partial charge in [-0.05, 0) is 18.6 Å². The van der Waals surface area contributed by atoms with Crippen molar-refractivity contribution in [2.24, 2.45) is 0 Å². The van der Waals surface area contributed by atoms with E-state index in [9.17, 15) is 26.8 Å². The molecule has 3 aromatic rings. The van der Waals surface area contributed by atoms with Crippen molar-refractivity contribution in [2.75, 3.05) is 23.9 Å². The Balaban J connectivity index is 1.64. The summed E-state index contributed by atoms with van der Waals surface area (Å²) in [4.78, 5) is 30.2. The third kappa shape index (κ3) is 4.19. The summed E-state index contributed by atoms with van der Waals surface area (Å²) in [5, 5.41) is 9.81. The number of benzene rings is 1. The number of anilines is 1. The second-order valence-electron chi connectivity index (χ2n) is 8.97. The van der Waals surface area contributed by atoms with Crippen LogP contribution in [0.25, 0.3) is 5.82 Å². The van der Waals surface area contributed by atoms with Crippen LogP contribution in [0.3, 0.4) is 0 Å². The summed E-state index contributed by atoms with van der Waals surface area (Å²) < 4.78 is 58.8. The summed E-state index contributed by atoms with van der Waals surface area (Å²) in [5.74, 6) is -3.81. The van der Waals surface area contributed by atoms with E-state index in [1.54, 1.807) is 18.3 Å². The van der Waals surface area contributed by atoms with Gasteiger partial charge >= 0.3 is 0 Å². The molecule has 0 unspecified atom stereocenters. The molecule has 0 saturated carbocycles. The van der Waals surface area contributed by atoms with E-state index in [-0.39, 0.29) is 53.7 Å². The van der Waals surface area contributed by atoms with Gasteiger partial charge in [-0.15, -0.1) is 0 Å². The van der Waals surface area contributed by atoms with Crippen LogP contribution in [-0.2, 0) is 26.6 Å². The molecule has 36 heavy (non-hydrogen) atoms. The number of carbonyl (C=O) groups excluding carboxylic acids is 2. The monoisotopic (exact) mass is 517 g/mol. The van der Waals surface area contributed by atoms with E-state index in [2.05, 4.69) is 20.7 Å². The largest absolute Gasteiger partial charge is 0.493 e. The predicted molar refractivity (Wildman–Crippen MR) is 124 cm³/mol. The molecule has 2 N–H and O–H groups in total. The molecule has 2 aliphatic rings. The maximum Gasteiger partial charge on any atom is 0.257 e. The standard InChI is InChI=1S/C23H21F2N5O5S/c1-12-3-4-17(26-10-12)30-21(27-18(31)11-36(2,33)34)19-15(29-30)9-23(28-22(19)32)5-6-35-16-8-13(24)7-14(25)20(16)23/h3-4,7-8,10H,5-6,9,11H2,1-2H3,(H,27,31)(H,28,32)/t23-/m0/s1. The molecular formula is C23H21F2N5O5S. The van der Waals surface area contributed by atoms with Gasteiger partial charge in [-0.1, -0.05) is 6.07 Å². The number of ether oxygens (including phenoxy) is 1. The topological polar surface area (TPSA) is 132 Å². The van der Waals surface area contributed by atoms with E-state index in [0.29, 0.717) is 0 Å². The van der Waals surface area contributed by atoms with Crippen molar-refractivity contribution in [3.8, 4) is 11.6 Å². The van der Waals surface area contributed by atoms with Crippen molar-refractivity contribution in [1.82, 2.24) is 20.1 Å². The molecule has 2 amide bonds. The number of hydrogen-bond acceptors (Lipinski definition) is 7. The Bertz CT molecular complexity index is 1520. The van der Waals surface area contributed by atoms with Crippen LogP contribution in [0.15, 0.2) is 30.5 Å². The molecule has 5 rings (SSSR count). The molecule has 10 nitrogen and oxygen atoms in total. The van der Waals surface area contributed by atoms with Crippen LogP contribution in [-0.4, -0.2) is 53.6 Å². The van der Waals surface area contributed by atoms with Crippen molar-refractivity contribution < 1.29 is 31.5 Å². The Morgan fingerprint density at radius 3 is 2.78 bits per heavy atom. The first-order valence-electron chi connectivity index (χ1n) is 10.9. The molecule has 0 fully saturated rings. The van der Waals surface area contributed by atoms with Crippen molar-refractivity contribution in [3.05, 3.63) is 64.5 Å². The minimum Gasteiger partial charge on any atom is -0.493 e. The molecule has 0 aliphatic carbocycles. The summed E-state index contributed by atoms with van der Waals surface area (Å²) in [6, 6.07) is 5.17. The molecule has 2 aromatic heterocycles. The lowest BCUT2D eigenvalue weighted by atomic mass is 9.77. The van der Waals surface area contributed by atoms with Gasteiger partial charge < -0.3 is 15.4 Å². The van der Waals surface area contributed by atoms with Gasteiger partial charge in [-0.3, -0.25) is 9.59 Å². The smallest absolute Gasteiger partial charge is 0.257 e. The quantitative estimate of drug-likeness (QED) is 0.539. The fourth-order valence-corrected chi connectivity index (χ4v) is 5.15. The van der Waals surface area contributed by atoms with Crippen molar-refractivity contribution >= 4 is 27.5 Å². The van der Waals surface area contributed by atoms with Crippen molar-refractivity contribution in [3.63, 3.8) is 0 Å². The highest BCUT2D eigenvalue weighted by Gasteiger charge is 2.48. The molecule has 0 radical (unpaired) electrons. The van der Waals surface area contributed by atoms with E-state index in [1.807, 2.05) is 6.92 Å². The summed E-state index contributed by atoms with van der Waals surface area (Å²) in [7, 11) is -3.65. The van der Waals surface area contributed by atoms with Gasteiger partial charge in [-0.2, -0.15) is 9.78 Å². The second-order valence-corrected chi connectivity index (χ2v) is 11.1. The summed E-state index contributed by atoms with van der Waals surface area (Å²) in [6.07, 6.45) is 2.69. The van der Waals surface area contributed by atoms with Gasteiger partial charge in [0.2, 0.25) is 5.91 Å². The van der Waals surface area contributed by atoms with Gasteiger partial charge in [-0.25, -0.2) is 22.2 Å². The fraction of sp³-hybridized carbons (Fsp3) is 0.304.